The van der Waals surface area contributed by atoms with E-state index >= 15 is 0 Å². The molecule has 0 bridgehead atoms. The fraction of sp³-hybridized carbons (Fsp3) is 0.0357. The molecule has 1 saturated heterocycles. The summed E-state index contributed by atoms with van der Waals surface area (Å²) in [5.41, 5.74) is 10.5. The number of nitrogens with zero attached hydrogens (tertiary/aromatic N) is 3. The standard InChI is InChI=1S/C56H39N3OSi/c1-5-18-38(19-6-1)55-46-29-13-15-30-51(46)58-56(59(55)58)39-20-17-21-40(34-39)57-50-33-32-44(35-47(50)48-37-54-49(36-52(48)57)45-28-14-16-31-53(45)60-54)61(41-22-7-2-8-23-41,42-24-9-3-10-25-42)43-26-11-4-12-27-43/h1-37,55-56H. The molecule has 2 aliphatic rings. The molecule has 61 heavy (non-hydrogen) atoms. The molecule has 4 nitrogen and oxygen atoms in total. The van der Waals surface area contributed by atoms with Gasteiger partial charge in [0.2, 0.25) is 0 Å². The van der Waals surface area contributed by atoms with Crippen molar-refractivity contribution in [1.82, 2.24) is 9.58 Å². The van der Waals surface area contributed by atoms with Crippen LogP contribution in [0.3, 0.4) is 0 Å². The fourth-order valence-corrected chi connectivity index (χ4v) is 15.4. The molecule has 0 N–H and O–H groups in total. The monoisotopic (exact) mass is 797 g/mol. The average Bonchev–Trinajstić information content (AvgIpc) is 3.62. The molecule has 288 valence electrons. The van der Waals surface area contributed by atoms with Gasteiger partial charge in [-0.2, -0.15) is 5.01 Å². The van der Waals surface area contributed by atoms with E-state index < -0.39 is 8.07 Å². The van der Waals surface area contributed by atoms with E-state index in [9.17, 15) is 0 Å². The molecular formula is C56H39N3OSi. The van der Waals surface area contributed by atoms with Gasteiger partial charge in [-0.15, -0.1) is 0 Å². The van der Waals surface area contributed by atoms with Crippen LogP contribution < -0.4 is 25.8 Å². The zero-order valence-electron chi connectivity index (χ0n) is 33.3. The lowest BCUT2D eigenvalue weighted by Crippen LogP contribution is -2.74. The first-order valence-electron chi connectivity index (χ1n) is 21.2. The fourth-order valence-electron chi connectivity index (χ4n) is 10.7. The summed E-state index contributed by atoms with van der Waals surface area (Å²) in [6, 6.07) is 83.1. The van der Waals surface area contributed by atoms with Crippen molar-refractivity contribution in [3.05, 3.63) is 241 Å². The molecule has 2 aromatic heterocycles. The Morgan fingerprint density at radius 1 is 0.393 bits per heavy atom. The van der Waals surface area contributed by atoms with Gasteiger partial charge in [-0.1, -0.05) is 182 Å². The van der Waals surface area contributed by atoms with Crippen LogP contribution in [0.1, 0.15) is 28.9 Å². The SMILES string of the molecule is c1ccc(C2c3ccccc3N3C(c4cccc(-n5c6ccc([Si](c7ccccc7)(c7ccccc7)c7ccccc7)cc6c6cc7oc8ccccc8c7cc65)c4)N23)cc1. The summed E-state index contributed by atoms with van der Waals surface area (Å²) < 4.78 is 9.08. The predicted octanol–water partition coefficient (Wildman–Crippen LogP) is 10.9. The van der Waals surface area contributed by atoms with E-state index in [1.165, 1.54) is 64.9 Å². The van der Waals surface area contributed by atoms with Crippen LogP contribution in [0.5, 0.6) is 0 Å². The van der Waals surface area contributed by atoms with Crippen LogP contribution >= 0.6 is 0 Å². The molecule has 5 heteroatoms. The van der Waals surface area contributed by atoms with Crippen molar-refractivity contribution in [2.75, 3.05) is 5.01 Å². The van der Waals surface area contributed by atoms with Gasteiger partial charge in [-0.25, -0.2) is 0 Å². The zero-order chi connectivity index (χ0) is 40.1. The first kappa shape index (κ1) is 34.4. The van der Waals surface area contributed by atoms with Crippen LogP contribution in [0.2, 0.25) is 0 Å². The first-order valence-corrected chi connectivity index (χ1v) is 23.2. The van der Waals surface area contributed by atoms with E-state index in [1.807, 2.05) is 0 Å². The number of furan rings is 1. The van der Waals surface area contributed by atoms with Gasteiger partial charge >= 0.3 is 0 Å². The van der Waals surface area contributed by atoms with Crippen molar-refractivity contribution in [3.8, 4) is 5.69 Å². The number of aromatic nitrogens is 1. The molecule has 9 aromatic carbocycles. The molecule has 1 fully saturated rings. The lowest BCUT2D eigenvalue weighted by atomic mass is 9.97. The third kappa shape index (κ3) is 5.02. The highest BCUT2D eigenvalue weighted by atomic mass is 28.3. The van der Waals surface area contributed by atoms with E-state index in [-0.39, 0.29) is 12.2 Å². The number of anilines is 1. The van der Waals surface area contributed by atoms with Crippen molar-refractivity contribution in [1.29, 1.82) is 0 Å². The first-order chi connectivity index (χ1) is 30.3. The lowest BCUT2D eigenvalue weighted by molar-refractivity contribution is 0.446. The maximum atomic E-state index is 6.59. The number of hydrazine groups is 1. The Kier molecular flexibility index (Phi) is 7.50. The summed E-state index contributed by atoms with van der Waals surface area (Å²) in [7, 11) is -2.79. The maximum absolute atomic E-state index is 6.59. The number of hydrogen-bond donors (Lipinski definition) is 0. The van der Waals surface area contributed by atoms with Crippen LogP contribution in [0.4, 0.5) is 5.69 Å². The smallest absolute Gasteiger partial charge is 0.179 e. The minimum Gasteiger partial charge on any atom is -0.456 e. The average molecular weight is 798 g/mol. The van der Waals surface area contributed by atoms with Gasteiger partial charge in [0.15, 0.2) is 8.07 Å². The van der Waals surface area contributed by atoms with E-state index in [4.69, 9.17) is 4.42 Å². The molecule has 0 aliphatic carbocycles. The van der Waals surface area contributed by atoms with Crippen molar-refractivity contribution in [2.45, 2.75) is 12.2 Å². The highest BCUT2D eigenvalue weighted by Crippen LogP contribution is 2.60. The Morgan fingerprint density at radius 3 is 1.72 bits per heavy atom. The van der Waals surface area contributed by atoms with Crippen molar-refractivity contribution in [2.24, 2.45) is 0 Å². The van der Waals surface area contributed by atoms with E-state index in [0.29, 0.717) is 0 Å². The minimum absolute atomic E-state index is 0.138. The lowest BCUT2D eigenvalue weighted by Gasteiger charge is -2.34. The quantitative estimate of drug-likeness (QED) is 0.0912. The number of benzene rings is 9. The number of para-hydroxylation sites is 2. The van der Waals surface area contributed by atoms with E-state index in [0.717, 1.165) is 27.6 Å². The maximum Gasteiger partial charge on any atom is 0.179 e. The summed E-state index contributed by atoms with van der Waals surface area (Å²) in [5.74, 6) is 0. The van der Waals surface area contributed by atoms with Crippen molar-refractivity contribution >= 4 is 78.3 Å². The highest BCUT2D eigenvalue weighted by Gasteiger charge is 2.57. The van der Waals surface area contributed by atoms with Crippen LogP contribution in [-0.4, -0.2) is 17.6 Å². The summed E-state index contributed by atoms with van der Waals surface area (Å²) in [6.07, 6.45) is 0.138. The van der Waals surface area contributed by atoms with Crippen LogP contribution in [-0.2, 0) is 0 Å². The summed E-state index contributed by atoms with van der Waals surface area (Å²) in [4.78, 5) is 0. The van der Waals surface area contributed by atoms with Gasteiger partial charge in [0.05, 0.1) is 22.8 Å². The summed E-state index contributed by atoms with van der Waals surface area (Å²) in [5, 5.41) is 15.1. The molecular weight excluding hydrogens is 759 g/mol. The molecule has 3 atom stereocenters. The Hall–Kier alpha value is -7.44. The van der Waals surface area contributed by atoms with Gasteiger partial charge in [-0.05, 0) is 74.3 Å². The number of hydrogen-bond acceptors (Lipinski definition) is 3. The number of rotatable bonds is 7. The Bertz CT molecular complexity index is 3360. The van der Waals surface area contributed by atoms with Gasteiger partial charge in [0, 0.05) is 32.8 Å². The van der Waals surface area contributed by atoms with Crippen molar-refractivity contribution < 1.29 is 4.42 Å². The summed E-state index contributed by atoms with van der Waals surface area (Å²) >= 11 is 0. The normalized spacial score (nSPS) is 17.0. The molecule has 11 aromatic rings. The molecule has 3 unspecified atom stereocenters. The molecule has 2 aliphatic heterocycles. The van der Waals surface area contributed by atoms with E-state index in [2.05, 4.69) is 239 Å². The molecule has 13 rings (SSSR count). The second kappa shape index (κ2) is 13.3. The molecule has 0 radical (unpaired) electrons. The van der Waals surface area contributed by atoms with Gasteiger partial charge in [-0.3, -0.25) is 5.01 Å². The highest BCUT2D eigenvalue weighted by molar-refractivity contribution is 7.20. The van der Waals surface area contributed by atoms with Gasteiger partial charge < -0.3 is 8.98 Å². The molecule has 0 saturated carbocycles. The predicted molar refractivity (Wildman–Crippen MR) is 253 cm³/mol. The van der Waals surface area contributed by atoms with Crippen LogP contribution in [0, 0.1) is 0 Å². The summed E-state index contributed by atoms with van der Waals surface area (Å²) in [6.45, 7) is 0. The van der Waals surface area contributed by atoms with Crippen molar-refractivity contribution in [3.63, 3.8) is 0 Å². The topological polar surface area (TPSA) is 24.1 Å². The molecule has 4 heterocycles. The van der Waals surface area contributed by atoms with Crippen LogP contribution in [0.25, 0.3) is 49.4 Å². The second-order valence-electron chi connectivity index (χ2n) is 16.4. The van der Waals surface area contributed by atoms with Gasteiger partial charge in [0.25, 0.3) is 0 Å². The molecule has 0 amide bonds. The van der Waals surface area contributed by atoms with E-state index in [1.54, 1.807) is 0 Å². The Labute approximate surface area is 354 Å². The second-order valence-corrected chi connectivity index (χ2v) is 20.3. The molecule has 0 spiro atoms. The van der Waals surface area contributed by atoms with Gasteiger partial charge in [0.1, 0.15) is 17.3 Å². The zero-order valence-corrected chi connectivity index (χ0v) is 34.3. The van der Waals surface area contributed by atoms with Crippen LogP contribution in [0.15, 0.2) is 229 Å². The number of fused-ring (bicyclic) bond motifs is 9. The minimum atomic E-state index is -2.79. The largest absolute Gasteiger partial charge is 0.456 e. The Balaban J connectivity index is 1.05. The Morgan fingerprint density at radius 2 is 1.00 bits per heavy atom. The third-order valence-electron chi connectivity index (χ3n) is 13.3. The third-order valence-corrected chi connectivity index (χ3v) is 18.1.